The van der Waals surface area contributed by atoms with Crippen molar-refractivity contribution in [3.05, 3.63) is 42.2 Å². The van der Waals surface area contributed by atoms with Gasteiger partial charge in [-0.15, -0.1) is 34.2 Å². The molecule has 0 radical (unpaired) electrons. The van der Waals surface area contributed by atoms with Crippen LogP contribution in [0.3, 0.4) is 0 Å². The molecule has 0 spiro atoms. The molecule has 0 saturated heterocycles. The van der Waals surface area contributed by atoms with Crippen molar-refractivity contribution in [2.45, 2.75) is 26.3 Å². The van der Waals surface area contributed by atoms with Gasteiger partial charge in [0.2, 0.25) is 0 Å². The Morgan fingerprint density at radius 2 is 2.07 bits per heavy atom. The lowest BCUT2D eigenvalue weighted by molar-refractivity contribution is 0.625. The van der Waals surface area contributed by atoms with Crippen LogP contribution in [0.4, 0.5) is 10.1 Å². The van der Waals surface area contributed by atoms with Crippen molar-refractivity contribution in [1.29, 1.82) is 0 Å². The van der Waals surface area contributed by atoms with E-state index < -0.39 is 0 Å². The third kappa shape index (κ3) is 7.69. The molecule has 0 aliphatic heterocycles. The molecule has 9 heteroatoms. The van der Waals surface area contributed by atoms with Gasteiger partial charge in [-0.3, -0.25) is 4.99 Å². The molecule has 2 aromatic rings. The van der Waals surface area contributed by atoms with Crippen molar-refractivity contribution >= 4 is 35.6 Å². The van der Waals surface area contributed by atoms with Crippen LogP contribution in [0.25, 0.3) is 0 Å². The zero-order chi connectivity index (χ0) is 18.8. The molecule has 0 fully saturated rings. The minimum absolute atomic E-state index is 0. The molecule has 1 aromatic carbocycles. The summed E-state index contributed by atoms with van der Waals surface area (Å²) in [5.74, 6) is 1.54. The molecule has 1 heterocycles. The highest BCUT2D eigenvalue weighted by Gasteiger charge is 2.04. The number of anilines is 1. The Morgan fingerprint density at radius 3 is 2.78 bits per heavy atom. The lowest BCUT2D eigenvalue weighted by atomic mass is 10.2. The second-order valence-corrected chi connectivity index (χ2v) is 5.97. The van der Waals surface area contributed by atoms with Gasteiger partial charge in [0, 0.05) is 52.4 Å². The van der Waals surface area contributed by atoms with Gasteiger partial charge in [0.15, 0.2) is 5.96 Å². The maximum Gasteiger partial charge on any atom is 0.191 e. The molecule has 1 aromatic heterocycles. The van der Waals surface area contributed by atoms with Crippen molar-refractivity contribution in [1.82, 2.24) is 25.4 Å². The van der Waals surface area contributed by atoms with E-state index in [0.29, 0.717) is 0 Å². The number of rotatable bonds is 9. The molecule has 0 saturated carbocycles. The Kier molecular flexibility index (Phi) is 10.7. The second kappa shape index (κ2) is 12.5. The van der Waals surface area contributed by atoms with Gasteiger partial charge in [-0.2, -0.15) is 0 Å². The molecule has 0 aliphatic rings. The molecule has 0 atom stereocenters. The molecule has 0 unspecified atom stereocenters. The number of nitrogens with zero attached hydrogens (tertiary/aromatic N) is 5. The predicted molar refractivity (Wildman–Crippen MR) is 118 cm³/mol. The van der Waals surface area contributed by atoms with E-state index in [9.17, 15) is 4.39 Å². The van der Waals surface area contributed by atoms with Gasteiger partial charge in [-0.25, -0.2) is 4.39 Å². The summed E-state index contributed by atoms with van der Waals surface area (Å²) in [6.07, 6.45) is 3.53. The Morgan fingerprint density at radius 1 is 1.30 bits per heavy atom. The van der Waals surface area contributed by atoms with Crippen molar-refractivity contribution in [3.63, 3.8) is 0 Å². The molecular formula is C18H29FIN7. The average molecular weight is 489 g/mol. The summed E-state index contributed by atoms with van der Waals surface area (Å²) in [6, 6.07) is 6.64. The van der Waals surface area contributed by atoms with Crippen LogP contribution in [0.2, 0.25) is 0 Å². The quantitative estimate of drug-likeness (QED) is 0.245. The highest BCUT2D eigenvalue weighted by atomic mass is 127. The zero-order valence-corrected chi connectivity index (χ0v) is 18.5. The molecular weight excluding hydrogens is 460 g/mol. The molecule has 0 bridgehead atoms. The van der Waals surface area contributed by atoms with Crippen LogP contribution in [0.1, 0.15) is 19.2 Å². The largest absolute Gasteiger partial charge is 0.374 e. The standard InChI is InChI=1S/C18H28FN7.HI/c1-4-17-24-23-14-26(17)12-10-22-18(20-2)21-9-6-11-25(3)16-8-5-7-15(19)13-16;/h5,7-8,13-14H,4,6,9-12H2,1-3H3,(H2,20,21,22);1H. The molecule has 0 amide bonds. The third-order valence-electron chi connectivity index (χ3n) is 4.09. The number of benzene rings is 1. The Balaban J connectivity index is 0.00000364. The van der Waals surface area contributed by atoms with Gasteiger partial charge >= 0.3 is 0 Å². The minimum Gasteiger partial charge on any atom is -0.374 e. The summed E-state index contributed by atoms with van der Waals surface area (Å²) in [6.45, 7) is 5.21. The average Bonchev–Trinajstić information content (AvgIpc) is 3.11. The van der Waals surface area contributed by atoms with Gasteiger partial charge in [-0.1, -0.05) is 13.0 Å². The number of aromatic nitrogens is 3. The molecule has 150 valence electrons. The van der Waals surface area contributed by atoms with Gasteiger partial charge in [0.25, 0.3) is 0 Å². The summed E-state index contributed by atoms with van der Waals surface area (Å²) in [7, 11) is 3.72. The maximum absolute atomic E-state index is 13.3. The summed E-state index contributed by atoms with van der Waals surface area (Å²) in [5.41, 5.74) is 0.883. The van der Waals surface area contributed by atoms with Crippen LogP contribution >= 0.6 is 24.0 Å². The molecule has 0 aliphatic carbocycles. The van der Waals surface area contributed by atoms with Gasteiger partial charge < -0.3 is 20.1 Å². The second-order valence-electron chi connectivity index (χ2n) is 5.97. The van der Waals surface area contributed by atoms with Gasteiger partial charge in [0.1, 0.15) is 18.0 Å². The Labute approximate surface area is 177 Å². The number of halogens is 2. The first-order valence-corrected chi connectivity index (χ1v) is 8.92. The van der Waals surface area contributed by atoms with E-state index in [1.807, 2.05) is 22.6 Å². The number of nitrogens with one attached hydrogen (secondary N) is 2. The first-order chi connectivity index (χ1) is 12.6. The fourth-order valence-corrected chi connectivity index (χ4v) is 2.62. The van der Waals surface area contributed by atoms with E-state index in [-0.39, 0.29) is 29.8 Å². The maximum atomic E-state index is 13.3. The Bertz CT molecular complexity index is 705. The van der Waals surface area contributed by atoms with E-state index in [1.165, 1.54) is 6.07 Å². The van der Waals surface area contributed by atoms with Crippen LogP contribution in [-0.4, -0.2) is 54.5 Å². The lowest BCUT2D eigenvalue weighted by Crippen LogP contribution is -2.40. The van der Waals surface area contributed by atoms with Crippen molar-refractivity contribution in [3.8, 4) is 0 Å². The van der Waals surface area contributed by atoms with E-state index >= 15 is 0 Å². The van der Waals surface area contributed by atoms with E-state index in [1.54, 1.807) is 25.5 Å². The highest BCUT2D eigenvalue weighted by Crippen LogP contribution is 2.13. The van der Waals surface area contributed by atoms with Crippen LogP contribution < -0.4 is 15.5 Å². The summed E-state index contributed by atoms with van der Waals surface area (Å²) in [5, 5.41) is 14.6. The normalized spacial score (nSPS) is 11.0. The number of hydrogen-bond acceptors (Lipinski definition) is 4. The van der Waals surface area contributed by atoms with Crippen molar-refractivity contribution in [2.24, 2.45) is 4.99 Å². The topological polar surface area (TPSA) is 70.4 Å². The lowest BCUT2D eigenvalue weighted by Gasteiger charge is -2.20. The smallest absolute Gasteiger partial charge is 0.191 e. The molecule has 27 heavy (non-hydrogen) atoms. The van der Waals surface area contributed by atoms with E-state index in [4.69, 9.17) is 0 Å². The minimum atomic E-state index is -0.212. The van der Waals surface area contributed by atoms with E-state index in [2.05, 4.69) is 32.7 Å². The predicted octanol–water partition coefficient (Wildman–Crippen LogP) is 2.29. The summed E-state index contributed by atoms with van der Waals surface area (Å²) >= 11 is 0. The Hall–Kier alpha value is -1.91. The van der Waals surface area contributed by atoms with Crippen LogP contribution in [0.15, 0.2) is 35.6 Å². The van der Waals surface area contributed by atoms with Crippen molar-refractivity contribution < 1.29 is 4.39 Å². The van der Waals surface area contributed by atoms with Gasteiger partial charge in [-0.05, 0) is 24.6 Å². The number of aryl methyl sites for hydroxylation is 1. The number of aliphatic imine (C=N–C) groups is 1. The van der Waals surface area contributed by atoms with Gasteiger partial charge in [0.05, 0.1) is 0 Å². The summed E-state index contributed by atoms with van der Waals surface area (Å²) < 4.78 is 15.3. The summed E-state index contributed by atoms with van der Waals surface area (Å²) in [4.78, 5) is 6.27. The van der Waals surface area contributed by atoms with Crippen LogP contribution in [0, 0.1) is 5.82 Å². The van der Waals surface area contributed by atoms with Crippen molar-refractivity contribution in [2.75, 3.05) is 38.6 Å². The third-order valence-corrected chi connectivity index (χ3v) is 4.09. The molecule has 2 N–H and O–H groups in total. The monoisotopic (exact) mass is 489 g/mol. The van der Waals surface area contributed by atoms with Crippen LogP contribution in [0.5, 0.6) is 0 Å². The van der Waals surface area contributed by atoms with Crippen LogP contribution in [-0.2, 0) is 13.0 Å². The molecule has 2 rings (SSSR count). The first-order valence-electron chi connectivity index (χ1n) is 8.92. The SMILES string of the molecule is CCc1nncn1CCNC(=NC)NCCCN(C)c1cccc(F)c1.I. The fourth-order valence-electron chi connectivity index (χ4n) is 2.62. The first kappa shape index (κ1) is 23.1. The number of hydrogen-bond donors (Lipinski definition) is 2. The fraction of sp³-hybridized carbons (Fsp3) is 0.500. The number of guanidine groups is 1. The molecule has 7 nitrogen and oxygen atoms in total. The highest BCUT2D eigenvalue weighted by molar-refractivity contribution is 14.0. The zero-order valence-electron chi connectivity index (χ0n) is 16.2. The van der Waals surface area contributed by atoms with E-state index in [0.717, 1.165) is 56.5 Å².